The molecule has 0 radical (unpaired) electrons. The summed E-state index contributed by atoms with van der Waals surface area (Å²) in [5, 5.41) is 9.47. The summed E-state index contributed by atoms with van der Waals surface area (Å²) in [6.45, 7) is 13.6. The van der Waals surface area contributed by atoms with Gasteiger partial charge in [0.2, 0.25) is 0 Å². The maximum Gasteiger partial charge on any atom is 0.408 e. The molecule has 0 aliphatic rings. The summed E-state index contributed by atoms with van der Waals surface area (Å²) in [6.07, 6.45) is 0.502. The number of aryl methyl sites for hydroxylation is 2. The minimum atomic E-state index is -0.524. The molecular formula is C22H36N6O2. The van der Waals surface area contributed by atoms with E-state index in [1.165, 1.54) is 0 Å². The second kappa shape index (κ2) is 9.82. The van der Waals surface area contributed by atoms with Gasteiger partial charge in [-0.2, -0.15) is 0 Å². The van der Waals surface area contributed by atoms with E-state index in [-0.39, 0.29) is 0 Å². The number of benzene rings is 1. The quantitative estimate of drug-likeness (QED) is 0.366. The molecule has 0 saturated heterocycles. The number of aromatic nitrogens is 2. The fraction of sp³-hybridized carbons (Fsp3) is 0.591. The molecule has 8 heteroatoms. The van der Waals surface area contributed by atoms with Crippen LogP contribution < -0.4 is 16.0 Å². The fourth-order valence-corrected chi connectivity index (χ4v) is 3.07. The number of guanidine groups is 1. The molecule has 30 heavy (non-hydrogen) atoms. The maximum absolute atomic E-state index is 12.0. The molecule has 2 aromatic rings. The third kappa shape index (κ3) is 7.24. The summed E-state index contributed by atoms with van der Waals surface area (Å²) in [6, 6.07) is 8.19. The van der Waals surface area contributed by atoms with Crippen LogP contribution in [0.1, 0.15) is 46.9 Å². The Kier molecular flexibility index (Phi) is 7.70. The number of alkyl carbamates (subject to hydrolysis) is 1. The van der Waals surface area contributed by atoms with Gasteiger partial charge in [0.1, 0.15) is 11.4 Å². The van der Waals surface area contributed by atoms with Crippen molar-refractivity contribution in [1.82, 2.24) is 25.5 Å². The van der Waals surface area contributed by atoms with Crippen molar-refractivity contribution in [2.75, 3.05) is 20.1 Å². The Morgan fingerprint density at radius 1 is 1.17 bits per heavy atom. The van der Waals surface area contributed by atoms with E-state index in [0.29, 0.717) is 12.5 Å². The van der Waals surface area contributed by atoms with Crippen molar-refractivity contribution in [3.63, 3.8) is 0 Å². The van der Waals surface area contributed by atoms with Crippen molar-refractivity contribution in [3.8, 4) is 0 Å². The van der Waals surface area contributed by atoms with Gasteiger partial charge < -0.3 is 25.3 Å². The molecule has 1 aromatic carbocycles. The zero-order valence-electron chi connectivity index (χ0n) is 19.3. The van der Waals surface area contributed by atoms with E-state index in [0.717, 1.165) is 36.4 Å². The van der Waals surface area contributed by atoms with Gasteiger partial charge in [0.05, 0.1) is 16.6 Å². The topological polar surface area (TPSA) is 92.6 Å². The van der Waals surface area contributed by atoms with Crippen LogP contribution >= 0.6 is 0 Å². The molecule has 3 N–H and O–H groups in total. The second-order valence-electron chi connectivity index (χ2n) is 9.02. The largest absolute Gasteiger partial charge is 0.444 e. The third-order valence-corrected chi connectivity index (χ3v) is 4.46. The Bertz CT molecular complexity index is 879. The van der Waals surface area contributed by atoms with Crippen LogP contribution in [-0.2, 0) is 11.3 Å². The SMILES string of the molecule is CN=C(NCCCn1c(C)nc2ccccc21)NCC(C)(C)NC(=O)OC(C)(C)C. The van der Waals surface area contributed by atoms with E-state index >= 15 is 0 Å². The van der Waals surface area contributed by atoms with Gasteiger partial charge in [-0.1, -0.05) is 12.1 Å². The number of nitrogens with one attached hydrogen (secondary N) is 3. The predicted octanol–water partition coefficient (Wildman–Crippen LogP) is 3.20. The van der Waals surface area contributed by atoms with Gasteiger partial charge in [-0.05, 0) is 60.1 Å². The molecule has 2 rings (SSSR count). The molecule has 0 bridgehead atoms. The number of para-hydroxylation sites is 2. The first kappa shape index (κ1) is 23.5. The highest BCUT2D eigenvalue weighted by atomic mass is 16.6. The van der Waals surface area contributed by atoms with Gasteiger partial charge in [0, 0.05) is 26.7 Å². The van der Waals surface area contributed by atoms with Crippen molar-refractivity contribution in [2.24, 2.45) is 4.99 Å². The summed E-state index contributed by atoms with van der Waals surface area (Å²) in [7, 11) is 1.73. The Morgan fingerprint density at radius 2 is 1.87 bits per heavy atom. The monoisotopic (exact) mass is 416 g/mol. The first-order valence-corrected chi connectivity index (χ1v) is 10.4. The number of carbonyl (C=O) groups is 1. The van der Waals surface area contributed by atoms with Crippen LogP contribution in [0.25, 0.3) is 11.0 Å². The Labute approximate surface area is 179 Å². The average Bonchev–Trinajstić information content (AvgIpc) is 2.94. The number of nitrogens with zero attached hydrogens (tertiary/aromatic N) is 3. The van der Waals surface area contributed by atoms with Crippen LogP contribution in [0, 0.1) is 6.92 Å². The Balaban J connectivity index is 1.78. The number of fused-ring (bicyclic) bond motifs is 1. The summed E-state index contributed by atoms with van der Waals surface area (Å²) in [5.41, 5.74) is 1.17. The number of hydrogen-bond acceptors (Lipinski definition) is 4. The molecule has 1 amide bonds. The zero-order chi connectivity index (χ0) is 22.4. The average molecular weight is 417 g/mol. The van der Waals surface area contributed by atoms with Gasteiger partial charge in [-0.25, -0.2) is 9.78 Å². The van der Waals surface area contributed by atoms with E-state index in [4.69, 9.17) is 4.74 Å². The lowest BCUT2D eigenvalue weighted by Crippen LogP contribution is -2.54. The van der Waals surface area contributed by atoms with Crippen molar-refractivity contribution in [2.45, 2.75) is 65.6 Å². The normalized spacial score (nSPS) is 12.7. The molecule has 1 heterocycles. The first-order chi connectivity index (χ1) is 14.0. The van der Waals surface area contributed by atoms with E-state index < -0.39 is 17.2 Å². The van der Waals surface area contributed by atoms with Crippen LogP contribution in [0.5, 0.6) is 0 Å². The minimum absolute atomic E-state index is 0.430. The lowest BCUT2D eigenvalue weighted by molar-refractivity contribution is 0.0474. The molecule has 0 aliphatic heterocycles. The molecule has 0 atom stereocenters. The van der Waals surface area contributed by atoms with E-state index in [2.05, 4.69) is 36.6 Å². The number of aliphatic imine (C=N–C) groups is 1. The number of amides is 1. The number of carbonyl (C=O) groups excluding carboxylic acids is 1. The highest BCUT2D eigenvalue weighted by Crippen LogP contribution is 2.15. The van der Waals surface area contributed by atoms with E-state index in [1.54, 1.807) is 7.05 Å². The highest BCUT2D eigenvalue weighted by Gasteiger charge is 2.24. The molecule has 0 fully saturated rings. The predicted molar refractivity (Wildman–Crippen MR) is 122 cm³/mol. The number of ether oxygens (including phenoxy) is 1. The van der Waals surface area contributed by atoms with Gasteiger partial charge in [0.15, 0.2) is 5.96 Å². The third-order valence-electron chi connectivity index (χ3n) is 4.46. The summed E-state index contributed by atoms with van der Waals surface area (Å²) in [5.74, 6) is 1.72. The molecule has 0 spiro atoms. The molecular weight excluding hydrogens is 380 g/mol. The van der Waals surface area contributed by atoms with Crippen LogP contribution in [0.3, 0.4) is 0 Å². The van der Waals surface area contributed by atoms with E-state index in [9.17, 15) is 4.79 Å². The van der Waals surface area contributed by atoms with Gasteiger partial charge in [-0.3, -0.25) is 4.99 Å². The minimum Gasteiger partial charge on any atom is -0.444 e. The zero-order valence-corrected chi connectivity index (χ0v) is 19.3. The first-order valence-electron chi connectivity index (χ1n) is 10.4. The highest BCUT2D eigenvalue weighted by molar-refractivity contribution is 5.80. The van der Waals surface area contributed by atoms with Crippen molar-refractivity contribution in [1.29, 1.82) is 0 Å². The molecule has 1 aromatic heterocycles. The number of rotatable bonds is 7. The maximum atomic E-state index is 12.0. The smallest absolute Gasteiger partial charge is 0.408 e. The fourth-order valence-electron chi connectivity index (χ4n) is 3.07. The van der Waals surface area contributed by atoms with Gasteiger partial charge in [-0.15, -0.1) is 0 Å². The standard InChI is InChI=1S/C22H36N6O2/c1-16-26-17-11-8-9-12-18(17)28(16)14-10-13-24-19(23-7)25-15-22(5,6)27-20(29)30-21(2,3)4/h8-9,11-12H,10,13-15H2,1-7H3,(H,27,29)(H2,23,24,25). The van der Waals surface area contributed by atoms with Crippen LogP contribution in [0.2, 0.25) is 0 Å². The Hall–Kier alpha value is -2.77. The van der Waals surface area contributed by atoms with Crippen molar-refractivity contribution in [3.05, 3.63) is 30.1 Å². The van der Waals surface area contributed by atoms with Crippen molar-refractivity contribution >= 4 is 23.1 Å². The van der Waals surface area contributed by atoms with Crippen LogP contribution in [0.4, 0.5) is 4.79 Å². The molecule has 8 nitrogen and oxygen atoms in total. The van der Waals surface area contributed by atoms with Crippen LogP contribution in [0.15, 0.2) is 29.3 Å². The number of hydrogen-bond donors (Lipinski definition) is 3. The molecule has 0 unspecified atom stereocenters. The Morgan fingerprint density at radius 3 is 2.53 bits per heavy atom. The van der Waals surface area contributed by atoms with Crippen molar-refractivity contribution < 1.29 is 9.53 Å². The summed E-state index contributed by atoms with van der Waals surface area (Å²) >= 11 is 0. The summed E-state index contributed by atoms with van der Waals surface area (Å²) < 4.78 is 7.57. The molecule has 0 aliphatic carbocycles. The molecule has 166 valence electrons. The number of imidazole rings is 1. The summed E-state index contributed by atoms with van der Waals surface area (Å²) in [4.78, 5) is 20.9. The lowest BCUT2D eigenvalue weighted by Gasteiger charge is -2.29. The van der Waals surface area contributed by atoms with Gasteiger partial charge in [0.25, 0.3) is 0 Å². The van der Waals surface area contributed by atoms with Gasteiger partial charge >= 0.3 is 6.09 Å². The lowest BCUT2D eigenvalue weighted by atomic mass is 10.1. The van der Waals surface area contributed by atoms with Crippen LogP contribution in [-0.4, -0.2) is 52.9 Å². The second-order valence-corrected chi connectivity index (χ2v) is 9.02. The van der Waals surface area contributed by atoms with E-state index in [1.807, 2.05) is 59.7 Å². The molecule has 0 saturated carbocycles.